The lowest BCUT2D eigenvalue weighted by Crippen LogP contribution is -2.38. The minimum absolute atomic E-state index is 0.334. The van der Waals surface area contributed by atoms with Crippen LogP contribution in [0.3, 0.4) is 0 Å². The van der Waals surface area contributed by atoms with E-state index in [4.69, 9.17) is 25.8 Å². The zero-order chi connectivity index (χ0) is 17.9. The summed E-state index contributed by atoms with van der Waals surface area (Å²) in [7, 11) is 4.51. The highest BCUT2D eigenvalue weighted by atomic mass is 35.5. The molecule has 1 rings (SSSR count). The van der Waals surface area contributed by atoms with E-state index in [0.717, 1.165) is 0 Å². The lowest BCUT2D eigenvalue weighted by Gasteiger charge is -2.09. The number of halogens is 1. The summed E-state index contributed by atoms with van der Waals surface area (Å²) in [6.07, 6.45) is 1.95. The van der Waals surface area contributed by atoms with Gasteiger partial charge in [0.15, 0.2) is 11.5 Å². The van der Waals surface area contributed by atoms with Crippen molar-refractivity contribution in [2.24, 2.45) is 5.10 Å². The molecule has 0 atom stereocenters. The average Bonchev–Trinajstić information content (AvgIpc) is 2.57. The van der Waals surface area contributed by atoms with Gasteiger partial charge in [-0.15, -0.1) is 0 Å². The highest BCUT2D eigenvalue weighted by Gasteiger charge is 2.12. The van der Waals surface area contributed by atoms with Crippen LogP contribution >= 0.6 is 11.6 Å². The predicted octanol–water partition coefficient (Wildman–Crippen LogP) is 0.960. The summed E-state index contributed by atoms with van der Waals surface area (Å²) in [6, 6.07) is 3.22. The molecule has 0 saturated heterocycles. The van der Waals surface area contributed by atoms with E-state index in [9.17, 15) is 9.59 Å². The van der Waals surface area contributed by atoms with Crippen molar-refractivity contribution in [3.8, 4) is 11.5 Å². The minimum Gasteiger partial charge on any atom is -0.493 e. The Bertz CT molecular complexity index is 607. The largest absolute Gasteiger partial charge is 0.493 e. The molecule has 0 heterocycles. The van der Waals surface area contributed by atoms with Gasteiger partial charge in [0.05, 0.1) is 25.5 Å². The van der Waals surface area contributed by atoms with E-state index in [1.54, 1.807) is 19.2 Å². The number of nitrogens with one attached hydrogen (secondary N) is 2. The van der Waals surface area contributed by atoms with E-state index in [-0.39, 0.29) is 0 Å². The number of ether oxygens (including phenoxy) is 3. The molecule has 8 nitrogen and oxygen atoms in total. The van der Waals surface area contributed by atoms with Crippen LogP contribution in [0.4, 0.5) is 0 Å². The monoisotopic (exact) mass is 357 g/mol. The molecular formula is C15H20ClN3O5. The van der Waals surface area contributed by atoms with Crippen molar-refractivity contribution in [2.75, 3.05) is 34.5 Å². The molecule has 0 aliphatic rings. The summed E-state index contributed by atoms with van der Waals surface area (Å²) in [6.45, 7) is 0.842. The van der Waals surface area contributed by atoms with Crippen molar-refractivity contribution in [1.29, 1.82) is 0 Å². The van der Waals surface area contributed by atoms with Crippen LogP contribution in [-0.2, 0) is 14.3 Å². The molecule has 0 spiro atoms. The molecule has 2 amide bonds. The Morgan fingerprint density at radius 3 is 2.58 bits per heavy atom. The molecule has 0 aromatic heterocycles. The Morgan fingerprint density at radius 1 is 1.21 bits per heavy atom. The lowest BCUT2D eigenvalue weighted by molar-refractivity contribution is -0.139. The van der Waals surface area contributed by atoms with Crippen molar-refractivity contribution >= 4 is 29.6 Å². The second-order valence-corrected chi connectivity index (χ2v) is 4.95. The number of benzene rings is 1. The zero-order valence-electron chi connectivity index (χ0n) is 13.7. The van der Waals surface area contributed by atoms with Crippen LogP contribution in [0.1, 0.15) is 12.0 Å². The van der Waals surface area contributed by atoms with Crippen molar-refractivity contribution in [3.05, 3.63) is 22.7 Å². The van der Waals surface area contributed by atoms with Crippen LogP contribution in [0.15, 0.2) is 17.2 Å². The number of carbonyl (C=O) groups is 2. The number of carbonyl (C=O) groups excluding carboxylic acids is 2. The second kappa shape index (κ2) is 10.5. The molecule has 0 aliphatic carbocycles. The first-order chi connectivity index (χ1) is 11.5. The van der Waals surface area contributed by atoms with E-state index in [1.807, 2.05) is 0 Å². The van der Waals surface area contributed by atoms with Crippen LogP contribution in [0.2, 0.25) is 5.02 Å². The van der Waals surface area contributed by atoms with Crippen LogP contribution in [0.25, 0.3) is 0 Å². The minimum atomic E-state index is -0.866. The van der Waals surface area contributed by atoms with E-state index < -0.39 is 11.8 Å². The van der Waals surface area contributed by atoms with Gasteiger partial charge in [-0.2, -0.15) is 5.10 Å². The van der Waals surface area contributed by atoms with Gasteiger partial charge in [-0.3, -0.25) is 9.59 Å². The maximum absolute atomic E-state index is 11.5. The van der Waals surface area contributed by atoms with Crippen LogP contribution in [0, 0.1) is 0 Å². The number of nitrogens with zero attached hydrogens (tertiary/aromatic N) is 1. The molecule has 1 aromatic carbocycles. The quantitative estimate of drug-likeness (QED) is 0.312. The van der Waals surface area contributed by atoms with Gasteiger partial charge in [0, 0.05) is 20.3 Å². The zero-order valence-corrected chi connectivity index (χ0v) is 14.5. The molecule has 0 radical (unpaired) electrons. The fourth-order valence-corrected chi connectivity index (χ4v) is 2.02. The maximum atomic E-state index is 11.5. The van der Waals surface area contributed by atoms with Crippen molar-refractivity contribution in [1.82, 2.24) is 10.7 Å². The molecule has 24 heavy (non-hydrogen) atoms. The first kappa shape index (κ1) is 19.7. The first-order valence-corrected chi connectivity index (χ1v) is 7.43. The number of hydrogen-bond acceptors (Lipinski definition) is 6. The molecule has 0 saturated carbocycles. The molecule has 0 fully saturated rings. The fraction of sp³-hybridized carbons (Fsp3) is 0.400. The Hall–Kier alpha value is -2.32. The summed E-state index contributed by atoms with van der Waals surface area (Å²) in [5.41, 5.74) is 2.70. The third kappa shape index (κ3) is 6.05. The van der Waals surface area contributed by atoms with Crippen molar-refractivity contribution < 1.29 is 23.8 Å². The third-order valence-corrected chi connectivity index (χ3v) is 3.13. The standard InChI is InChI=1S/C15H20ClN3O5/c1-22-6-4-5-17-14(20)15(21)19-18-9-10-7-11(16)13(24-3)12(8-10)23-2/h7-9H,4-6H2,1-3H3,(H,17,20)(H,19,21)/b18-9-. The maximum Gasteiger partial charge on any atom is 0.329 e. The van der Waals surface area contributed by atoms with Gasteiger partial charge in [0.1, 0.15) is 0 Å². The fourth-order valence-electron chi connectivity index (χ4n) is 1.73. The molecule has 0 unspecified atom stereocenters. The summed E-state index contributed by atoms with van der Waals surface area (Å²) in [5.74, 6) is -0.812. The Kier molecular flexibility index (Phi) is 8.59. The molecule has 0 aliphatic heterocycles. The van der Waals surface area contributed by atoms with Gasteiger partial charge >= 0.3 is 11.8 Å². The smallest absolute Gasteiger partial charge is 0.329 e. The average molecular weight is 358 g/mol. The first-order valence-electron chi connectivity index (χ1n) is 7.05. The summed E-state index contributed by atoms with van der Waals surface area (Å²) < 4.78 is 15.1. The number of hydrazone groups is 1. The number of methoxy groups -OCH3 is 3. The summed E-state index contributed by atoms with van der Waals surface area (Å²) >= 11 is 6.06. The molecule has 0 bridgehead atoms. The van der Waals surface area contributed by atoms with Gasteiger partial charge in [0.25, 0.3) is 0 Å². The SMILES string of the molecule is COCCCNC(=O)C(=O)N/N=C\c1cc(Cl)c(OC)c(OC)c1. The lowest BCUT2D eigenvalue weighted by atomic mass is 10.2. The van der Waals surface area contributed by atoms with Gasteiger partial charge in [-0.1, -0.05) is 11.6 Å². The highest BCUT2D eigenvalue weighted by molar-refractivity contribution is 6.35. The highest BCUT2D eigenvalue weighted by Crippen LogP contribution is 2.35. The van der Waals surface area contributed by atoms with E-state index >= 15 is 0 Å². The van der Waals surface area contributed by atoms with Crippen LogP contribution < -0.4 is 20.2 Å². The van der Waals surface area contributed by atoms with Crippen molar-refractivity contribution in [2.45, 2.75) is 6.42 Å². The number of amides is 2. The van der Waals surface area contributed by atoms with Crippen LogP contribution in [0.5, 0.6) is 11.5 Å². The molecule has 132 valence electrons. The molecule has 1 aromatic rings. The van der Waals surface area contributed by atoms with E-state index in [2.05, 4.69) is 15.8 Å². The Morgan fingerprint density at radius 2 is 1.96 bits per heavy atom. The van der Waals surface area contributed by atoms with Crippen molar-refractivity contribution in [3.63, 3.8) is 0 Å². The molecule has 9 heteroatoms. The normalized spacial score (nSPS) is 10.5. The van der Waals surface area contributed by atoms with E-state index in [0.29, 0.717) is 41.7 Å². The summed E-state index contributed by atoms with van der Waals surface area (Å²) in [4.78, 5) is 23.0. The summed E-state index contributed by atoms with van der Waals surface area (Å²) in [5, 5.41) is 6.49. The predicted molar refractivity (Wildman–Crippen MR) is 89.8 cm³/mol. The number of hydrogen-bond donors (Lipinski definition) is 2. The van der Waals surface area contributed by atoms with Crippen LogP contribution in [-0.4, -0.2) is 52.5 Å². The van der Waals surface area contributed by atoms with E-state index in [1.165, 1.54) is 20.4 Å². The molecular weight excluding hydrogens is 338 g/mol. The Balaban J connectivity index is 2.59. The molecule has 2 N–H and O–H groups in total. The Labute approximate surface area is 145 Å². The number of rotatable bonds is 8. The topological polar surface area (TPSA) is 98.2 Å². The van der Waals surface area contributed by atoms with Gasteiger partial charge in [-0.25, -0.2) is 5.43 Å². The second-order valence-electron chi connectivity index (χ2n) is 4.54. The van der Waals surface area contributed by atoms with Gasteiger partial charge in [0.2, 0.25) is 0 Å². The third-order valence-electron chi connectivity index (χ3n) is 2.85. The van der Waals surface area contributed by atoms with Gasteiger partial charge < -0.3 is 19.5 Å². The van der Waals surface area contributed by atoms with Gasteiger partial charge in [-0.05, 0) is 24.1 Å².